The highest BCUT2D eigenvalue weighted by Gasteiger charge is 2.29. The molecule has 0 saturated heterocycles. The van der Waals surface area contributed by atoms with Gasteiger partial charge < -0.3 is 18.9 Å². The van der Waals surface area contributed by atoms with Gasteiger partial charge in [0.25, 0.3) is 0 Å². The molecule has 80 heavy (non-hydrogen) atoms. The summed E-state index contributed by atoms with van der Waals surface area (Å²) in [4.78, 5) is 139. The summed E-state index contributed by atoms with van der Waals surface area (Å²) in [6.45, 7) is 6.13. The second-order valence-electron chi connectivity index (χ2n) is 18.8. The molecule has 2 unspecified atom stereocenters. The molecule has 0 N–H and O–H groups in total. The van der Waals surface area contributed by atoms with Crippen LogP contribution in [0, 0.1) is 11.8 Å². The van der Waals surface area contributed by atoms with E-state index in [0.717, 1.165) is 125 Å². The number of ether oxygens (including phenoxy) is 4. The molecule has 0 spiro atoms. The van der Waals surface area contributed by atoms with Gasteiger partial charge in [0, 0.05) is 11.8 Å². The molecule has 0 heterocycles. The molecule has 0 radical (unpaired) electrons. The van der Waals surface area contributed by atoms with Gasteiger partial charge >= 0.3 is 48.5 Å². The molecule has 0 saturated carbocycles. The van der Waals surface area contributed by atoms with Crippen LogP contribution in [0.1, 0.15) is 181 Å². The summed E-state index contributed by atoms with van der Waals surface area (Å²) in [6.07, 6.45) is 9.37. The summed E-state index contributed by atoms with van der Waals surface area (Å²) in [5.74, 6) is -5.98. The summed E-state index contributed by atoms with van der Waals surface area (Å²) in [6, 6.07) is 26.3. The highest BCUT2D eigenvalue weighted by molar-refractivity contribution is 5.91. The first-order chi connectivity index (χ1) is 38.8. The van der Waals surface area contributed by atoms with E-state index >= 15 is 0 Å². The Hall–Kier alpha value is -8.16. The van der Waals surface area contributed by atoms with E-state index in [4.69, 9.17) is 28.7 Å². The van der Waals surface area contributed by atoms with Crippen molar-refractivity contribution in [1.29, 1.82) is 0 Å². The lowest BCUT2D eigenvalue weighted by molar-refractivity contribution is -0.208. The van der Waals surface area contributed by atoms with Crippen LogP contribution in [0.4, 0.5) is 19.2 Å². The van der Waals surface area contributed by atoms with Crippen LogP contribution in [0.5, 0.6) is 0 Å². The molecular weight excluding hydrogens is 1040 g/mol. The SMILES string of the molecule is CCCCCc1ccc(C(=O)OOC(=O)OCCC(COC(=O)OOC(=O)c2ccc(CCCCC)cc2)C(CCOC(=O)OOC(=O)c2ccc(CCCCC)cc2)COC(=O)OOC(=O)c2ccc(CCCCC)cc2)cc1. The Labute approximate surface area is 466 Å². The lowest BCUT2D eigenvalue weighted by Gasteiger charge is -2.25. The topological polar surface area (TPSA) is 247 Å². The fourth-order valence-corrected chi connectivity index (χ4v) is 7.97. The van der Waals surface area contributed by atoms with Gasteiger partial charge in [-0.1, -0.05) is 128 Å². The van der Waals surface area contributed by atoms with Crippen LogP contribution in [0.15, 0.2) is 97.1 Å². The molecule has 434 valence electrons. The normalized spacial score (nSPS) is 11.4. The highest BCUT2D eigenvalue weighted by atomic mass is 17.3. The third kappa shape index (κ3) is 25.5. The molecule has 0 aliphatic heterocycles. The van der Waals surface area contributed by atoms with Gasteiger partial charge in [-0.15, -0.1) is 0 Å². The van der Waals surface area contributed by atoms with E-state index < -0.39 is 86.8 Å². The quantitative estimate of drug-likeness (QED) is 0.0149. The number of rotatable bonds is 31. The Kier molecular flexibility index (Phi) is 30.3. The van der Waals surface area contributed by atoms with Gasteiger partial charge in [-0.05, 0) is 135 Å². The summed E-state index contributed by atoms with van der Waals surface area (Å²) in [5.41, 5.74) is 4.44. The predicted octanol–water partition coefficient (Wildman–Crippen LogP) is 13.6. The minimum atomic E-state index is -1.48. The van der Waals surface area contributed by atoms with Crippen LogP contribution in [0.25, 0.3) is 0 Å². The Bertz CT molecular complexity index is 2330. The fourth-order valence-electron chi connectivity index (χ4n) is 7.97. The highest BCUT2D eigenvalue weighted by Crippen LogP contribution is 2.24. The average molecular weight is 1120 g/mol. The van der Waals surface area contributed by atoms with E-state index in [2.05, 4.69) is 57.0 Å². The number of carbonyl (C=O) groups excluding carboxylic acids is 8. The van der Waals surface area contributed by atoms with Crippen LogP contribution >= 0.6 is 0 Å². The maximum atomic E-state index is 12.9. The molecular formula is C60H74O20. The lowest BCUT2D eigenvalue weighted by Crippen LogP contribution is -2.30. The minimum Gasteiger partial charge on any atom is -0.432 e. The van der Waals surface area contributed by atoms with Crippen molar-refractivity contribution in [3.63, 3.8) is 0 Å². The van der Waals surface area contributed by atoms with Crippen LogP contribution in [-0.2, 0) is 83.7 Å². The van der Waals surface area contributed by atoms with E-state index in [1.165, 1.54) is 48.5 Å². The number of hydrogen-bond acceptors (Lipinski definition) is 20. The van der Waals surface area contributed by atoms with Crippen molar-refractivity contribution in [3.8, 4) is 0 Å². The second-order valence-corrected chi connectivity index (χ2v) is 18.8. The van der Waals surface area contributed by atoms with E-state index in [9.17, 15) is 38.4 Å². The number of hydrogen-bond donors (Lipinski definition) is 0. The first-order valence-corrected chi connectivity index (χ1v) is 27.4. The molecule has 0 aliphatic carbocycles. The van der Waals surface area contributed by atoms with Gasteiger partial charge in [-0.2, -0.15) is 19.2 Å². The van der Waals surface area contributed by atoms with Gasteiger partial charge in [0.15, 0.2) is 0 Å². The van der Waals surface area contributed by atoms with Gasteiger partial charge in [-0.3, -0.25) is 0 Å². The monoisotopic (exact) mass is 1110 g/mol. The summed E-state index contributed by atoms with van der Waals surface area (Å²) >= 11 is 0. The zero-order valence-electron chi connectivity index (χ0n) is 46.1. The molecule has 4 aromatic rings. The number of unbranched alkanes of at least 4 members (excludes halogenated alkanes) is 8. The number of carbonyl (C=O) groups is 8. The molecule has 20 heteroatoms. The molecule has 0 aromatic heterocycles. The van der Waals surface area contributed by atoms with Crippen molar-refractivity contribution in [2.24, 2.45) is 11.8 Å². The Morgan fingerprint density at radius 1 is 0.300 bits per heavy atom. The zero-order chi connectivity index (χ0) is 57.7. The maximum Gasteiger partial charge on any atom is 0.549 e. The average Bonchev–Trinajstić information content (AvgIpc) is 3.47. The molecule has 20 nitrogen and oxygen atoms in total. The number of aryl methyl sites for hydroxylation is 4. The Morgan fingerprint density at radius 3 is 0.750 bits per heavy atom. The van der Waals surface area contributed by atoms with Crippen LogP contribution < -0.4 is 0 Å². The summed E-state index contributed by atoms with van der Waals surface area (Å²) < 4.78 is 20.9. The first-order valence-electron chi connectivity index (χ1n) is 27.4. The Balaban J connectivity index is 1.43. The summed E-state index contributed by atoms with van der Waals surface area (Å²) in [7, 11) is 0. The van der Waals surface area contributed by atoms with Crippen LogP contribution in [0.2, 0.25) is 0 Å². The van der Waals surface area contributed by atoms with Gasteiger partial charge in [0.05, 0.1) is 48.7 Å². The van der Waals surface area contributed by atoms with E-state index in [0.29, 0.717) is 0 Å². The third-order valence-electron chi connectivity index (χ3n) is 12.7. The van der Waals surface area contributed by atoms with Crippen molar-refractivity contribution in [1.82, 2.24) is 0 Å². The maximum absolute atomic E-state index is 12.9. The van der Waals surface area contributed by atoms with Crippen molar-refractivity contribution in [2.45, 2.75) is 143 Å². The van der Waals surface area contributed by atoms with Crippen molar-refractivity contribution in [3.05, 3.63) is 142 Å². The van der Waals surface area contributed by atoms with E-state index in [1.54, 1.807) is 48.5 Å². The molecule has 0 amide bonds. The van der Waals surface area contributed by atoms with Crippen molar-refractivity contribution < 1.29 is 96.4 Å². The van der Waals surface area contributed by atoms with Gasteiger partial charge in [0.2, 0.25) is 0 Å². The first kappa shape index (κ1) is 64.4. The van der Waals surface area contributed by atoms with E-state index in [-0.39, 0.29) is 35.1 Å². The smallest absolute Gasteiger partial charge is 0.432 e. The van der Waals surface area contributed by atoms with E-state index in [1.807, 2.05) is 0 Å². The largest absolute Gasteiger partial charge is 0.549 e. The molecule has 4 rings (SSSR count). The molecule has 0 aliphatic rings. The predicted molar refractivity (Wildman–Crippen MR) is 286 cm³/mol. The molecule has 0 bridgehead atoms. The Morgan fingerprint density at radius 2 is 0.525 bits per heavy atom. The fraction of sp³-hybridized carbons (Fsp3) is 0.467. The van der Waals surface area contributed by atoms with Gasteiger partial charge in [-0.25, -0.2) is 58.3 Å². The number of benzene rings is 4. The standard InChI is InChI=1S/C60H74O20/c1-5-9-13-17-43-21-29-47(30-22-43)53(61)73-77-57(65)69-39-37-51(41-71-59(67)79-75-55(63)49-33-25-45(26-34-49)19-15-11-7-3)52(42-72-60(68)80-76-56(64)50-35-27-46(28-36-50)20-16-12-8-4)38-40-70-58(66)78-74-54(62)48-31-23-44(24-32-48)18-14-10-6-2/h21-36,51-52H,5-20,37-42H2,1-4H3. The van der Waals surface area contributed by atoms with Crippen molar-refractivity contribution in [2.75, 3.05) is 26.4 Å². The zero-order valence-corrected chi connectivity index (χ0v) is 46.1. The van der Waals surface area contributed by atoms with Crippen LogP contribution in [-0.4, -0.2) is 74.9 Å². The van der Waals surface area contributed by atoms with Crippen LogP contribution in [0.3, 0.4) is 0 Å². The minimum absolute atomic E-state index is 0.0888. The molecule has 0 fully saturated rings. The summed E-state index contributed by atoms with van der Waals surface area (Å²) in [5, 5.41) is 0. The third-order valence-corrected chi connectivity index (χ3v) is 12.7. The lowest BCUT2D eigenvalue weighted by atomic mass is 9.88. The molecule has 4 aromatic carbocycles. The second kappa shape index (κ2) is 37.6. The molecule has 2 atom stereocenters. The van der Waals surface area contributed by atoms with Crippen molar-refractivity contribution >= 4 is 48.5 Å². The van der Waals surface area contributed by atoms with Gasteiger partial charge in [0.1, 0.15) is 0 Å².